The van der Waals surface area contributed by atoms with Crippen molar-refractivity contribution >= 4 is 23.2 Å². The largest absolute Gasteiger partial charge is 0.364 e. The number of halogens is 3. The highest BCUT2D eigenvalue weighted by atomic mass is 35.5. The van der Waals surface area contributed by atoms with E-state index >= 15 is 0 Å². The maximum Gasteiger partial charge on any atom is 0.224 e. The summed E-state index contributed by atoms with van der Waals surface area (Å²) >= 11 is 11.8. The van der Waals surface area contributed by atoms with Gasteiger partial charge in [-0.1, -0.05) is 35.3 Å². The highest BCUT2D eigenvalue weighted by Crippen LogP contribution is 2.31. The molecule has 5 heteroatoms. The molecule has 0 bridgehead atoms. The molecule has 2 aromatic rings. The van der Waals surface area contributed by atoms with Crippen LogP contribution in [0.3, 0.4) is 0 Å². The second-order valence-electron chi connectivity index (χ2n) is 3.15. The van der Waals surface area contributed by atoms with Crippen molar-refractivity contribution in [3.05, 3.63) is 56.7 Å². The van der Waals surface area contributed by atoms with Crippen LogP contribution < -0.4 is 5.43 Å². The van der Waals surface area contributed by atoms with E-state index in [0.29, 0.717) is 10.6 Å². The zero-order valence-corrected chi connectivity index (χ0v) is 9.44. The highest BCUT2D eigenvalue weighted by molar-refractivity contribution is 6.43. The Morgan fingerprint density at radius 1 is 1.12 bits per heavy atom. The van der Waals surface area contributed by atoms with Gasteiger partial charge in [-0.05, 0) is 6.07 Å². The maximum atomic E-state index is 13.1. The van der Waals surface area contributed by atoms with Gasteiger partial charge in [-0.2, -0.15) is 0 Å². The summed E-state index contributed by atoms with van der Waals surface area (Å²) in [6.45, 7) is 0. The van der Waals surface area contributed by atoms with Crippen molar-refractivity contribution in [3.63, 3.8) is 0 Å². The van der Waals surface area contributed by atoms with Crippen LogP contribution in [0.1, 0.15) is 0 Å². The van der Waals surface area contributed by atoms with Gasteiger partial charge in [0.15, 0.2) is 5.82 Å². The maximum absolute atomic E-state index is 13.1. The quantitative estimate of drug-likeness (QED) is 0.834. The van der Waals surface area contributed by atoms with E-state index in [1.807, 2.05) is 0 Å². The summed E-state index contributed by atoms with van der Waals surface area (Å²) in [6.07, 6.45) is 2.38. The lowest BCUT2D eigenvalue weighted by Gasteiger charge is -2.04. The van der Waals surface area contributed by atoms with Crippen LogP contribution in [0, 0.1) is 5.82 Å². The molecule has 1 aromatic carbocycles. The van der Waals surface area contributed by atoms with Crippen molar-refractivity contribution in [3.8, 4) is 11.1 Å². The van der Waals surface area contributed by atoms with Crippen molar-refractivity contribution in [2.75, 3.05) is 0 Å². The fraction of sp³-hybridized carbons (Fsp3) is 0. The Kier molecular flexibility index (Phi) is 2.99. The van der Waals surface area contributed by atoms with Crippen LogP contribution in [0.4, 0.5) is 4.39 Å². The first-order valence-corrected chi connectivity index (χ1v) is 5.18. The third kappa shape index (κ3) is 1.84. The first-order valence-electron chi connectivity index (χ1n) is 4.42. The van der Waals surface area contributed by atoms with Gasteiger partial charge in [-0.25, -0.2) is 4.39 Å². The first kappa shape index (κ1) is 11.2. The van der Waals surface area contributed by atoms with Gasteiger partial charge in [-0.15, -0.1) is 0 Å². The Bertz CT molecular complexity index is 595. The number of nitrogens with one attached hydrogen (secondary N) is 1. The molecule has 0 aliphatic carbocycles. The summed E-state index contributed by atoms with van der Waals surface area (Å²) < 4.78 is 13.1. The molecule has 1 N–H and O–H groups in total. The molecule has 0 unspecified atom stereocenters. The van der Waals surface area contributed by atoms with Crippen molar-refractivity contribution < 1.29 is 4.39 Å². The van der Waals surface area contributed by atoms with Crippen LogP contribution in [0.15, 0.2) is 35.4 Å². The number of hydrogen-bond donors (Lipinski definition) is 1. The van der Waals surface area contributed by atoms with Gasteiger partial charge in [0.25, 0.3) is 0 Å². The Labute approximate surface area is 101 Å². The molecule has 2 nitrogen and oxygen atoms in total. The van der Waals surface area contributed by atoms with E-state index in [9.17, 15) is 9.18 Å². The molecule has 0 fully saturated rings. The Morgan fingerprint density at radius 2 is 1.88 bits per heavy atom. The van der Waals surface area contributed by atoms with Crippen LogP contribution in [0.2, 0.25) is 10.0 Å². The van der Waals surface area contributed by atoms with Gasteiger partial charge < -0.3 is 4.98 Å². The molecule has 82 valence electrons. The van der Waals surface area contributed by atoms with Crippen molar-refractivity contribution in [2.45, 2.75) is 0 Å². The van der Waals surface area contributed by atoms with Crippen LogP contribution in [0.25, 0.3) is 11.1 Å². The zero-order valence-electron chi connectivity index (χ0n) is 7.93. The second-order valence-corrected chi connectivity index (χ2v) is 3.93. The lowest BCUT2D eigenvalue weighted by Crippen LogP contribution is -2.09. The van der Waals surface area contributed by atoms with E-state index in [-0.39, 0.29) is 10.6 Å². The Hall–Kier alpha value is -1.32. The fourth-order valence-corrected chi connectivity index (χ4v) is 1.77. The number of rotatable bonds is 1. The molecule has 0 spiro atoms. The van der Waals surface area contributed by atoms with E-state index in [4.69, 9.17) is 23.2 Å². The van der Waals surface area contributed by atoms with Gasteiger partial charge in [0.1, 0.15) is 0 Å². The normalized spacial score (nSPS) is 10.4. The van der Waals surface area contributed by atoms with Crippen LogP contribution in [-0.4, -0.2) is 4.98 Å². The molecule has 16 heavy (non-hydrogen) atoms. The molecule has 0 radical (unpaired) electrons. The van der Waals surface area contributed by atoms with E-state index in [2.05, 4.69) is 4.98 Å². The molecule has 1 aromatic heterocycles. The van der Waals surface area contributed by atoms with Crippen molar-refractivity contribution in [1.29, 1.82) is 0 Å². The molecular formula is C11H6Cl2FNO. The second kappa shape index (κ2) is 4.28. The molecule has 0 saturated carbocycles. The van der Waals surface area contributed by atoms with Gasteiger partial charge in [0, 0.05) is 23.5 Å². The number of pyridine rings is 1. The number of H-pyrrole nitrogens is 1. The molecule has 0 saturated heterocycles. The van der Waals surface area contributed by atoms with Crippen LogP contribution in [0.5, 0.6) is 0 Å². The van der Waals surface area contributed by atoms with E-state index in [1.165, 1.54) is 6.20 Å². The number of aromatic amines is 1. The molecule has 2 rings (SSSR count). The third-order valence-corrected chi connectivity index (χ3v) is 2.96. The molecule has 0 aliphatic heterocycles. The summed E-state index contributed by atoms with van der Waals surface area (Å²) in [6, 6.07) is 4.85. The summed E-state index contributed by atoms with van der Waals surface area (Å²) in [7, 11) is 0. The minimum absolute atomic E-state index is 0.160. The topological polar surface area (TPSA) is 32.9 Å². The summed E-state index contributed by atoms with van der Waals surface area (Å²) in [4.78, 5) is 14.1. The standard InChI is InChI=1S/C11H6Cl2FNO/c12-8-3-1-2-6(10(8)13)7-4-15-5-9(14)11(7)16/h1-5H,(H,15,16). The monoisotopic (exact) mass is 257 g/mol. The zero-order chi connectivity index (χ0) is 11.7. The molecule has 0 amide bonds. The molecular weight excluding hydrogens is 252 g/mol. The van der Waals surface area contributed by atoms with Crippen LogP contribution >= 0.6 is 23.2 Å². The van der Waals surface area contributed by atoms with Gasteiger partial charge in [0.2, 0.25) is 5.43 Å². The number of aromatic nitrogens is 1. The highest BCUT2D eigenvalue weighted by Gasteiger charge is 2.11. The van der Waals surface area contributed by atoms with Crippen molar-refractivity contribution in [2.24, 2.45) is 0 Å². The average Bonchev–Trinajstić information content (AvgIpc) is 2.27. The summed E-state index contributed by atoms with van der Waals surface area (Å²) in [5.74, 6) is -0.853. The predicted molar refractivity (Wildman–Crippen MR) is 62.5 cm³/mol. The van der Waals surface area contributed by atoms with Gasteiger partial charge in [-0.3, -0.25) is 4.79 Å². The lowest BCUT2D eigenvalue weighted by molar-refractivity contribution is 0.612. The third-order valence-electron chi connectivity index (χ3n) is 2.14. The predicted octanol–water partition coefficient (Wildman–Crippen LogP) is 3.49. The number of hydrogen-bond acceptors (Lipinski definition) is 1. The molecule has 0 atom stereocenters. The van der Waals surface area contributed by atoms with Crippen LogP contribution in [-0.2, 0) is 0 Å². The van der Waals surface area contributed by atoms with Gasteiger partial charge in [0.05, 0.1) is 10.0 Å². The summed E-state index contributed by atoms with van der Waals surface area (Å²) in [5.41, 5.74) is -0.134. The lowest BCUT2D eigenvalue weighted by atomic mass is 10.1. The van der Waals surface area contributed by atoms with E-state index < -0.39 is 11.2 Å². The average molecular weight is 258 g/mol. The smallest absolute Gasteiger partial charge is 0.224 e. The first-order chi connectivity index (χ1) is 7.61. The van der Waals surface area contributed by atoms with Crippen molar-refractivity contribution in [1.82, 2.24) is 4.98 Å². The summed E-state index contributed by atoms with van der Waals surface area (Å²) in [5, 5.41) is 0.558. The minimum atomic E-state index is -0.853. The van der Waals surface area contributed by atoms with Gasteiger partial charge >= 0.3 is 0 Å². The fourth-order valence-electron chi connectivity index (χ4n) is 1.37. The molecule has 0 aliphatic rings. The Balaban J connectivity index is 2.73. The number of benzene rings is 1. The minimum Gasteiger partial charge on any atom is -0.364 e. The van der Waals surface area contributed by atoms with E-state index in [0.717, 1.165) is 6.20 Å². The van der Waals surface area contributed by atoms with E-state index in [1.54, 1.807) is 18.2 Å². The molecule has 1 heterocycles. The Morgan fingerprint density at radius 3 is 2.62 bits per heavy atom. The SMILES string of the molecule is O=c1c(F)c[nH]cc1-c1cccc(Cl)c1Cl.